The topological polar surface area (TPSA) is 66.7 Å². The summed E-state index contributed by atoms with van der Waals surface area (Å²) in [5, 5.41) is 5.93. The second-order valence-corrected chi connectivity index (χ2v) is 7.38. The number of likely N-dealkylation sites (tertiary alicyclic amines) is 1. The molecule has 6 heteroatoms. The molecule has 0 spiro atoms. The molecule has 2 N–H and O–H groups in total. The number of amides is 2. The van der Waals surface area contributed by atoms with Gasteiger partial charge in [0.15, 0.2) is 0 Å². The summed E-state index contributed by atoms with van der Waals surface area (Å²) in [5.41, 5.74) is 1.29. The van der Waals surface area contributed by atoms with E-state index >= 15 is 0 Å². The van der Waals surface area contributed by atoms with Crippen molar-refractivity contribution in [2.75, 3.05) is 32.8 Å². The molecule has 6 nitrogen and oxygen atoms in total. The average molecular weight is 349 g/mol. The van der Waals surface area contributed by atoms with E-state index in [1.54, 1.807) is 0 Å². The predicted molar refractivity (Wildman–Crippen MR) is 96.6 cm³/mol. The van der Waals surface area contributed by atoms with E-state index in [1.165, 1.54) is 5.56 Å². The Labute approximate surface area is 150 Å². The number of ether oxygens (including phenoxy) is 1. The molecule has 0 radical (unpaired) electrons. The van der Waals surface area contributed by atoms with Crippen molar-refractivity contribution in [1.82, 2.24) is 15.5 Å². The van der Waals surface area contributed by atoms with Crippen LogP contribution >= 0.6 is 0 Å². The van der Waals surface area contributed by atoms with Gasteiger partial charge in [-0.15, -0.1) is 0 Å². The van der Waals surface area contributed by atoms with Gasteiger partial charge in [-0.3, -0.25) is 4.90 Å². The van der Waals surface area contributed by atoms with Crippen LogP contribution in [0.4, 0.5) is 4.79 Å². The highest BCUT2D eigenvalue weighted by molar-refractivity contribution is 5.73. The SMILES string of the molecule is Cc1cc(CN2CCC(CNC(=O)NC[C@@H]3CCCO3)CC2)c(C)o1. The van der Waals surface area contributed by atoms with Gasteiger partial charge in [-0.25, -0.2) is 4.79 Å². The lowest BCUT2D eigenvalue weighted by molar-refractivity contribution is 0.111. The van der Waals surface area contributed by atoms with E-state index in [1.807, 2.05) is 13.8 Å². The molecule has 2 fully saturated rings. The van der Waals surface area contributed by atoms with Crippen molar-refractivity contribution in [2.24, 2.45) is 5.92 Å². The second-order valence-electron chi connectivity index (χ2n) is 7.38. The van der Waals surface area contributed by atoms with Crippen molar-refractivity contribution in [2.45, 2.75) is 52.2 Å². The number of hydrogen-bond donors (Lipinski definition) is 2. The Bertz CT molecular complexity index is 558. The van der Waals surface area contributed by atoms with Gasteiger partial charge in [0, 0.05) is 31.8 Å². The van der Waals surface area contributed by atoms with Crippen molar-refractivity contribution >= 4 is 6.03 Å². The molecule has 3 rings (SSSR count). The first-order valence-electron chi connectivity index (χ1n) is 9.51. The first-order chi connectivity index (χ1) is 12.1. The molecule has 25 heavy (non-hydrogen) atoms. The van der Waals surface area contributed by atoms with Crippen LogP contribution in [0.15, 0.2) is 10.5 Å². The molecule has 0 unspecified atom stereocenters. The van der Waals surface area contributed by atoms with Crippen LogP contribution in [0.25, 0.3) is 0 Å². The van der Waals surface area contributed by atoms with E-state index in [0.29, 0.717) is 12.5 Å². The quantitative estimate of drug-likeness (QED) is 0.828. The molecular formula is C19H31N3O3. The van der Waals surface area contributed by atoms with Crippen LogP contribution in [0.3, 0.4) is 0 Å². The highest BCUT2D eigenvalue weighted by Crippen LogP contribution is 2.21. The van der Waals surface area contributed by atoms with Gasteiger partial charge in [-0.2, -0.15) is 0 Å². The highest BCUT2D eigenvalue weighted by atomic mass is 16.5. The van der Waals surface area contributed by atoms with Gasteiger partial charge in [0.2, 0.25) is 0 Å². The summed E-state index contributed by atoms with van der Waals surface area (Å²) in [6.45, 7) is 9.35. The Morgan fingerprint density at radius 3 is 2.60 bits per heavy atom. The van der Waals surface area contributed by atoms with Gasteiger partial charge < -0.3 is 19.8 Å². The second kappa shape index (κ2) is 8.72. The Kier molecular flexibility index (Phi) is 6.37. The van der Waals surface area contributed by atoms with Crippen molar-refractivity contribution in [3.05, 3.63) is 23.2 Å². The molecular weight excluding hydrogens is 318 g/mol. The summed E-state index contributed by atoms with van der Waals surface area (Å²) in [6.07, 6.45) is 4.60. The number of piperidine rings is 1. The largest absolute Gasteiger partial charge is 0.466 e. The molecule has 0 aromatic carbocycles. The summed E-state index contributed by atoms with van der Waals surface area (Å²) in [7, 11) is 0. The fraction of sp³-hybridized carbons (Fsp3) is 0.737. The molecule has 2 saturated heterocycles. The maximum Gasteiger partial charge on any atom is 0.314 e. The maximum absolute atomic E-state index is 11.9. The Morgan fingerprint density at radius 2 is 1.96 bits per heavy atom. The smallest absolute Gasteiger partial charge is 0.314 e. The van der Waals surface area contributed by atoms with Crippen molar-refractivity contribution in [3.63, 3.8) is 0 Å². The fourth-order valence-electron chi connectivity index (χ4n) is 3.74. The minimum atomic E-state index is -0.0672. The van der Waals surface area contributed by atoms with Gasteiger partial charge >= 0.3 is 6.03 Å². The van der Waals surface area contributed by atoms with Crippen LogP contribution < -0.4 is 10.6 Å². The first kappa shape index (κ1) is 18.3. The average Bonchev–Trinajstić information content (AvgIpc) is 3.22. The van der Waals surface area contributed by atoms with Crippen molar-refractivity contribution in [1.29, 1.82) is 0 Å². The lowest BCUT2D eigenvalue weighted by atomic mass is 9.96. The van der Waals surface area contributed by atoms with E-state index in [-0.39, 0.29) is 12.1 Å². The van der Waals surface area contributed by atoms with Crippen molar-refractivity contribution < 1.29 is 13.9 Å². The first-order valence-corrected chi connectivity index (χ1v) is 9.51. The summed E-state index contributed by atoms with van der Waals surface area (Å²) in [6, 6.07) is 2.07. The van der Waals surface area contributed by atoms with Crippen LogP contribution in [0.2, 0.25) is 0 Å². The van der Waals surface area contributed by atoms with Crippen LogP contribution in [-0.2, 0) is 11.3 Å². The summed E-state index contributed by atoms with van der Waals surface area (Å²) < 4.78 is 11.1. The lowest BCUT2D eigenvalue weighted by Gasteiger charge is -2.31. The van der Waals surface area contributed by atoms with E-state index in [9.17, 15) is 4.79 Å². The minimum absolute atomic E-state index is 0.0672. The highest BCUT2D eigenvalue weighted by Gasteiger charge is 2.21. The molecule has 1 atom stereocenters. The molecule has 140 valence electrons. The Balaban J connectivity index is 1.31. The molecule has 0 saturated carbocycles. The number of furan rings is 1. The third-order valence-corrected chi connectivity index (χ3v) is 5.31. The molecule has 0 bridgehead atoms. The number of aryl methyl sites for hydroxylation is 2. The van der Waals surface area contributed by atoms with Crippen molar-refractivity contribution in [3.8, 4) is 0 Å². The number of carbonyl (C=O) groups is 1. The Morgan fingerprint density at radius 1 is 1.20 bits per heavy atom. The Hall–Kier alpha value is -1.53. The third-order valence-electron chi connectivity index (χ3n) is 5.31. The standard InChI is InChI=1S/C19H31N3O3/c1-14-10-17(15(2)25-14)13-22-7-5-16(6-8-22)11-20-19(23)21-12-18-4-3-9-24-18/h10,16,18H,3-9,11-13H2,1-2H3,(H2,20,21,23)/t18-/m0/s1. The molecule has 2 amide bonds. The van der Waals surface area contributed by atoms with E-state index in [0.717, 1.165) is 70.0 Å². The number of carbonyl (C=O) groups excluding carboxylic acids is 1. The number of urea groups is 1. The van der Waals surface area contributed by atoms with Crippen LogP contribution in [0.1, 0.15) is 42.8 Å². The van der Waals surface area contributed by atoms with Gasteiger partial charge in [-0.05, 0) is 64.6 Å². The molecule has 3 heterocycles. The normalized spacial score (nSPS) is 22.2. The monoisotopic (exact) mass is 349 g/mol. The fourth-order valence-corrected chi connectivity index (χ4v) is 3.74. The summed E-state index contributed by atoms with van der Waals surface area (Å²) in [4.78, 5) is 14.4. The molecule has 1 aromatic rings. The third kappa shape index (κ3) is 5.47. The van der Waals surface area contributed by atoms with E-state index < -0.39 is 0 Å². The zero-order chi connectivity index (χ0) is 17.6. The molecule has 2 aliphatic heterocycles. The summed E-state index contributed by atoms with van der Waals surface area (Å²) >= 11 is 0. The number of nitrogens with one attached hydrogen (secondary N) is 2. The van der Waals surface area contributed by atoms with Gasteiger partial charge in [0.1, 0.15) is 11.5 Å². The van der Waals surface area contributed by atoms with Gasteiger partial charge in [0.25, 0.3) is 0 Å². The molecule has 0 aliphatic carbocycles. The molecule has 2 aliphatic rings. The number of hydrogen-bond acceptors (Lipinski definition) is 4. The zero-order valence-corrected chi connectivity index (χ0v) is 15.5. The van der Waals surface area contributed by atoms with Crippen LogP contribution in [0, 0.1) is 19.8 Å². The van der Waals surface area contributed by atoms with Gasteiger partial charge in [0.05, 0.1) is 6.10 Å². The lowest BCUT2D eigenvalue weighted by Crippen LogP contribution is -2.43. The summed E-state index contributed by atoms with van der Waals surface area (Å²) in [5.74, 6) is 2.58. The van der Waals surface area contributed by atoms with Crippen LogP contribution in [-0.4, -0.2) is 49.8 Å². The number of nitrogens with zero attached hydrogens (tertiary/aromatic N) is 1. The van der Waals surface area contributed by atoms with Gasteiger partial charge in [-0.1, -0.05) is 0 Å². The number of rotatable bonds is 6. The van der Waals surface area contributed by atoms with E-state index in [2.05, 4.69) is 21.6 Å². The molecule has 1 aromatic heterocycles. The zero-order valence-electron chi connectivity index (χ0n) is 15.5. The maximum atomic E-state index is 11.9. The van der Waals surface area contributed by atoms with E-state index in [4.69, 9.17) is 9.15 Å². The van der Waals surface area contributed by atoms with Crippen LogP contribution in [0.5, 0.6) is 0 Å². The predicted octanol–water partition coefficient (Wildman–Crippen LogP) is 2.59. The minimum Gasteiger partial charge on any atom is -0.466 e.